The van der Waals surface area contributed by atoms with Gasteiger partial charge in [-0.05, 0) is 114 Å². The molecule has 2 heterocycles. The second-order valence-electron chi connectivity index (χ2n) is 15.7. The fraction of sp³-hybridized carbons (Fsp3) is 0. The Hall–Kier alpha value is -7.26. The molecule has 12 rings (SSSR count). The topological polar surface area (TPSA) is 4.93 Å². The molecule has 0 saturated carbocycles. The normalized spacial score (nSPS) is 12.5. The van der Waals surface area contributed by atoms with E-state index in [2.05, 4.69) is 217 Å². The number of benzene rings is 10. The largest absolute Gasteiger partial charge is 0.309 e. The van der Waals surface area contributed by atoms with E-state index in [1.807, 2.05) is 0 Å². The standard InChI is InChI=1S/C56H37NSi/c1-3-13-45-38(9-1)11-7-16-47(45)40-23-19-36(20-24-40)42-27-31-53-51(33-42)52-34-43(37-21-25-41(26-22-37)48-17-8-12-39-10-2-4-14-46(39)48)28-32-54(52)57(53)44-29-30-50-49-15-5-6-18-55(49)58-56(50)35-44/h1-35H,58H2. The summed E-state index contributed by atoms with van der Waals surface area (Å²) < 4.78 is 2.49. The van der Waals surface area contributed by atoms with Crippen LogP contribution < -0.4 is 10.4 Å². The van der Waals surface area contributed by atoms with E-state index in [-0.39, 0.29) is 0 Å². The number of fused-ring (bicyclic) bond motifs is 8. The van der Waals surface area contributed by atoms with Crippen molar-refractivity contribution >= 4 is 63.2 Å². The number of nitrogens with zero attached hydrogens (tertiary/aromatic N) is 1. The molecule has 58 heavy (non-hydrogen) atoms. The second-order valence-corrected chi connectivity index (χ2v) is 17.6. The fourth-order valence-electron chi connectivity index (χ4n) is 9.57. The van der Waals surface area contributed by atoms with Crippen LogP contribution in [-0.2, 0) is 0 Å². The average Bonchev–Trinajstić information content (AvgIpc) is 3.83. The Morgan fingerprint density at radius 2 is 0.724 bits per heavy atom. The fourth-order valence-corrected chi connectivity index (χ4v) is 11.5. The van der Waals surface area contributed by atoms with Crippen molar-refractivity contribution in [2.45, 2.75) is 0 Å². The van der Waals surface area contributed by atoms with E-state index >= 15 is 0 Å². The van der Waals surface area contributed by atoms with E-state index in [1.165, 1.54) is 110 Å². The van der Waals surface area contributed by atoms with Gasteiger partial charge in [-0.1, -0.05) is 186 Å². The minimum atomic E-state index is -0.539. The highest BCUT2D eigenvalue weighted by atomic mass is 28.2. The summed E-state index contributed by atoms with van der Waals surface area (Å²) in [7, 11) is -0.539. The summed E-state index contributed by atoms with van der Waals surface area (Å²) in [5.41, 5.74) is 16.4. The molecule has 1 aliphatic rings. The molecule has 0 amide bonds. The lowest BCUT2D eigenvalue weighted by molar-refractivity contribution is 1.18. The van der Waals surface area contributed by atoms with Crippen LogP contribution in [0.5, 0.6) is 0 Å². The molecule has 0 fully saturated rings. The second kappa shape index (κ2) is 13.2. The van der Waals surface area contributed by atoms with Crippen molar-refractivity contribution in [3.05, 3.63) is 212 Å². The average molecular weight is 752 g/mol. The Labute approximate surface area is 339 Å². The summed E-state index contributed by atoms with van der Waals surface area (Å²) in [5.74, 6) is 0. The smallest absolute Gasteiger partial charge is 0.0892 e. The zero-order valence-electron chi connectivity index (χ0n) is 31.9. The maximum Gasteiger partial charge on any atom is 0.0892 e. The van der Waals surface area contributed by atoms with Crippen molar-refractivity contribution in [2.24, 2.45) is 0 Å². The molecule has 1 aromatic heterocycles. The maximum absolute atomic E-state index is 2.49. The van der Waals surface area contributed by atoms with Crippen LogP contribution in [-0.4, -0.2) is 14.1 Å². The van der Waals surface area contributed by atoms with Gasteiger partial charge >= 0.3 is 0 Å². The molecule has 0 bridgehead atoms. The molecule has 0 unspecified atom stereocenters. The molecule has 11 aromatic rings. The molecule has 270 valence electrons. The molecule has 0 radical (unpaired) electrons. The van der Waals surface area contributed by atoms with Gasteiger partial charge in [0, 0.05) is 16.5 Å². The highest BCUT2D eigenvalue weighted by Crippen LogP contribution is 2.39. The summed E-state index contributed by atoms with van der Waals surface area (Å²) in [4.78, 5) is 0. The number of hydrogen-bond acceptors (Lipinski definition) is 0. The van der Waals surface area contributed by atoms with E-state index in [0.29, 0.717) is 0 Å². The number of aromatic nitrogens is 1. The quantitative estimate of drug-likeness (QED) is 0.154. The summed E-state index contributed by atoms with van der Waals surface area (Å²) in [6.45, 7) is 0. The molecule has 0 spiro atoms. The lowest BCUT2D eigenvalue weighted by atomic mass is 9.95. The van der Waals surface area contributed by atoms with Crippen LogP contribution in [0.25, 0.3) is 105 Å². The summed E-state index contributed by atoms with van der Waals surface area (Å²) in [6.07, 6.45) is 0. The SMILES string of the molecule is c1ccc2c(c1)[SiH2]c1cc(-n3c4ccc(-c5ccc(-c6cccc7ccccc67)cc5)cc4c4cc(-c5ccc(-c6cccc7ccccc67)cc5)ccc43)ccc1-2. The minimum Gasteiger partial charge on any atom is -0.309 e. The van der Waals surface area contributed by atoms with Crippen LogP contribution >= 0.6 is 0 Å². The van der Waals surface area contributed by atoms with Gasteiger partial charge in [-0.3, -0.25) is 0 Å². The van der Waals surface area contributed by atoms with Crippen LogP contribution in [0.4, 0.5) is 0 Å². The highest BCUT2D eigenvalue weighted by Gasteiger charge is 2.21. The molecular formula is C56H37NSi. The summed E-state index contributed by atoms with van der Waals surface area (Å²) >= 11 is 0. The van der Waals surface area contributed by atoms with Crippen LogP contribution in [0.3, 0.4) is 0 Å². The zero-order chi connectivity index (χ0) is 38.2. The van der Waals surface area contributed by atoms with E-state index in [4.69, 9.17) is 0 Å². The Balaban J connectivity index is 0.983. The predicted octanol–water partition coefficient (Wildman–Crippen LogP) is 12.9. The van der Waals surface area contributed by atoms with Crippen molar-refractivity contribution in [1.82, 2.24) is 4.57 Å². The zero-order valence-corrected chi connectivity index (χ0v) is 33.3. The van der Waals surface area contributed by atoms with E-state index < -0.39 is 9.52 Å². The molecule has 0 aliphatic carbocycles. The Kier molecular flexibility index (Phi) is 7.47. The maximum atomic E-state index is 2.49. The first-order chi connectivity index (χ1) is 28.7. The molecule has 0 N–H and O–H groups in total. The first-order valence-electron chi connectivity index (χ1n) is 20.2. The molecule has 10 aromatic carbocycles. The van der Waals surface area contributed by atoms with Gasteiger partial charge < -0.3 is 4.57 Å². The number of hydrogen-bond donors (Lipinski definition) is 0. The lowest BCUT2D eigenvalue weighted by Gasteiger charge is -2.11. The Morgan fingerprint density at radius 3 is 1.31 bits per heavy atom. The molecule has 0 atom stereocenters. The third-order valence-electron chi connectivity index (χ3n) is 12.4. The van der Waals surface area contributed by atoms with Crippen molar-refractivity contribution < 1.29 is 0 Å². The van der Waals surface area contributed by atoms with E-state index in [9.17, 15) is 0 Å². The van der Waals surface area contributed by atoms with Crippen LogP contribution in [0.1, 0.15) is 0 Å². The first kappa shape index (κ1) is 32.9. The van der Waals surface area contributed by atoms with Gasteiger partial charge in [0.2, 0.25) is 0 Å². The highest BCUT2D eigenvalue weighted by molar-refractivity contribution is 6.73. The molecular weight excluding hydrogens is 715 g/mol. The minimum absolute atomic E-state index is 0.539. The van der Waals surface area contributed by atoms with Crippen molar-refractivity contribution in [2.75, 3.05) is 0 Å². The van der Waals surface area contributed by atoms with Crippen molar-refractivity contribution in [3.63, 3.8) is 0 Å². The Morgan fingerprint density at radius 1 is 0.276 bits per heavy atom. The van der Waals surface area contributed by atoms with Gasteiger partial charge in [-0.2, -0.15) is 0 Å². The summed E-state index contributed by atoms with van der Waals surface area (Å²) in [5, 5.41) is 10.7. The lowest BCUT2D eigenvalue weighted by Crippen LogP contribution is -2.21. The predicted molar refractivity (Wildman–Crippen MR) is 251 cm³/mol. The van der Waals surface area contributed by atoms with Crippen LogP contribution in [0.15, 0.2) is 212 Å². The summed E-state index contributed by atoms with van der Waals surface area (Å²) in [6, 6.07) is 78.9. The van der Waals surface area contributed by atoms with Gasteiger partial charge in [0.05, 0.1) is 20.6 Å². The third kappa shape index (κ3) is 5.30. The Bertz CT molecular complexity index is 3220. The van der Waals surface area contributed by atoms with Gasteiger partial charge in [0.15, 0.2) is 0 Å². The van der Waals surface area contributed by atoms with Gasteiger partial charge in [-0.15, -0.1) is 0 Å². The molecule has 2 heteroatoms. The molecule has 0 saturated heterocycles. The number of rotatable bonds is 5. The van der Waals surface area contributed by atoms with Gasteiger partial charge in [-0.25, -0.2) is 0 Å². The van der Waals surface area contributed by atoms with Crippen molar-refractivity contribution in [3.8, 4) is 61.3 Å². The van der Waals surface area contributed by atoms with Crippen LogP contribution in [0, 0.1) is 0 Å². The van der Waals surface area contributed by atoms with Gasteiger partial charge in [0.25, 0.3) is 0 Å². The first-order valence-corrected chi connectivity index (χ1v) is 21.6. The van der Waals surface area contributed by atoms with E-state index in [0.717, 1.165) is 0 Å². The molecule has 1 aliphatic heterocycles. The van der Waals surface area contributed by atoms with Crippen molar-refractivity contribution in [1.29, 1.82) is 0 Å². The van der Waals surface area contributed by atoms with Crippen LogP contribution in [0.2, 0.25) is 0 Å². The third-order valence-corrected chi connectivity index (χ3v) is 14.4. The van der Waals surface area contributed by atoms with E-state index in [1.54, 1.807) is 5.19 Å². The molecule has 1 nitrogen and oxygen atoms in total. The van der Waals surface area contributed by atoms with Gasteiger partial charge in [0.1, 0.15) is 0 Å². The monoisotopic (exact) mass is 751 g/mol.